The van der Waals surface area contributed by atoms with Crippen LogP contribution in [-0.2, 0) is 25.5 Å². The van der Waals surface area contributed by atoms with E-state index in [1.54, 1.807) is 24.0 Å². The molecule has 0 spiro atoms. The lowest BCUT2D eigenvalue weighted by molar-refractivity contribution is -0.157. The fourth-order valence-corrected chi connectivity index (χ4v) is 4.25. The number of esters is 1. The number of hydrogen-bond acceptors (Lipinski definition) is 5. The molecule has 2 aromatic rings. The number of benzene rings is 2. The lowest BCUT2D eigenvalue weighted by Crippen LogP contribution is -2.43. The molecule has 0 aliphatic carbocycles. The minimum absolute atomic E-state index is 0.0460. The molecule has 2 aromatic carbocycles. The first-order chi connectivity index (χ1) is 15.0. The number of hydrogen-bond donors (Lipinski definition) is 0. The quantitative estimate of drug-likeness (QED) is 0.693. The second kappa shape index (κ2) is 8.79. The van der Waals surface area contributed by atoms with Crippen molar-refractivity contribution < 1.29 is 23.9 Å². The smallest absolute Gasteiger partial charge is 0.312 e. The van der Waals surface area contributed by atoms with Crippen LogP contribution in [0.25, 0.3) is 0 Å². The van der Waals surface area contributed by atoms with Gasteiger partial charge in [-0.3, -0.25) is 14.4 Å². The van der Waals surface area contributed by atoms with E-state index in [2.05, 4.69) is 0 Å². The summed E-state index contributed by atoms with van der Waals surface area (Å²) < 4.78 is 10.8. The number of anilines is 2. The Morgan fingerprint density at radius 1 is 1.06 bits per heavy atom. The van der Waals surface area contributed by atoms with Gasteiger partial charge < -0.3 is 19.3 Å². The molecule has 4 rings (SSSR count). The molecule has 1 fully saturated rings. The largest absolute Gasteiger partial charge is 0.495 e. The molecule has 0 aromatic heterocycles. The van der Waals surface area contributed by atoms with Gasteiger partial charge in [-0.15, -0.1) is 0 Å². The topological polar surface area (TPSA) is 76.2 Å². The Kier molecular flexibility index (Phi) is 5.93. The first-order valence-corrected chi connectivity index (χ1v) is 10.5. The fraction of sp³-hybridized carbons (Fsp3) is 0.375. The van der Waals surface area contributed by atoms with Gasteiger partial charge in [-0.2, -0.15) is 0 Å². The zero-order valence-corrected chi connectivity index (χ0v) is 17.7. The van der Waals surface area contributed by atoms with Crippen molar-refractivity contribution in [2.75, 3.05) is 30.0 Å². The van der Waals surface area contributed by atoms with Crippen molar-refractivity contribution in [3.05, 3.63) is 54.1 Å². The van der Waals surface area contributed by atoms with E-state index in [9.17, 15) is 14.4 Å². The normalized spacial score (nSPS) is 19.0. The summed E-state index contributed by atoms with van der Waals surface area (Å²) in [5.74, 6) is -1.00. The number of amides is 2. The molecule has 0 unspecified atom stereocenters. The molecule has 0 N–H and O–H groups in total. The maximum absolute atomic E-state index is 13.0. The van der Waals surface area contributed by atoms with E-state index in [4.69, 9.17) is 9.47 Å². The van der Waals surface area contributed by atoms with Crippen molar-refractivity contribution in [1.82, 2.24) is 0 Å². The van der Waals surface area contributed by atoms with Crippen molar-refractivity contribution in [2.45, 2.75) is 32.3 Å². The Labute approximate surface area is 181 Å². The van der Waals surface area contributed by atoms with Crippen LogP contribution in [0.5, 0.6) is 5.75 Å². The SMILES string of the molecule is COc1ccccc1N1C[C@@H](C(=O)O[C@H](C)C(=O)N2CCCc3ccccc32)CC1=O. The number of carbonyl (C=O) groups is 3. The molecule has 0 radical (unpaired) electrons. The Balaban J connectivity index is 1.42. The summed E-state index contributed by atoms with van der Waals surface area (Å²) in [4.78, 5) is 41.5. The first kappa shape index (κ1) is 20.9. The number of ether oxygens (including phenoxy) is 2. The van der Waals surface area contributed by atoms with Crippen LogP contribution in [-0.4, -0.2) is 44.1 Å². The minimum Gasteiger partial charge on any atom is -0.495 e. The van der Waals surface area contributed by atoms with Crippen LogP contribution < -0.4 is 14.5 Å². The van der Waals surface area contributed by atoms with Gasteiger partial charge in [0.1, 0.15) is 5.75 Å². The van der Waals surface area contributed by atoms with E-state index in [1.165, 1.54) is 12.0 Å². The molecule has 2 atom stereocenters. The molecular weight excluding hydrogens is 396 g/mol. The van der Waals surface area contributed by atoms with E-state index in [0.29, 0.717) is 18.0 Å². The predicted molar refractivity (Wildman–Crippen MR) is 116 cm³/mol. The van der Waals surface area contributed by atoms with Crippen LogP contribution in [0.15, 0.2) is 48.5 Å². The van der Waals surface area contributed by atoms with Gasteiger partial charge in [0.2, 0.25) is 5.91 Å². The van der Waals surface area contributed by atoms with E-state index < -0.39 is 18.0 Å². The summed E-state index contributed by atoms with van der Waals surface area (Å²) in [6.07, 6.45) is 0.921. The summed E-state index contributed by atoms with van der Waals surface area (Å²) in [6, 6.07) is 15.0. The van der Waals surface area contributed by atoms with E-state index in [1.807, 2.05) is 36.4 Å². The summed E-state index contributed by atoms with van der Waals surface area (Å²) in [7, 11) is 1.54. The van der Waals surface area contributed by atoms with Crippen LogP contribution in [0.4, 0.5) is 11.4 Å². The Morgan fingerprint density at radius 3 is 2.55 bits per heavy atom. The van der Waals surface area contributed by atoms with Gasteiger partial charge in [-0.1, -0.05) is 30.3 Å². The number of nitrogens with zero attached hydrogens (tertiary/aromatic N) is 2. The molecule has 2 amide bonds. The third-order valence-electron chi connectivity index (χ3n) is 5.85. The van der Waals surface area contributed by atoms with Gasteiger partial charge in [0, 0.05) is 25.2 Å². The fourth-order valence-electron chi connectivity index (χ4n) is 4.25. The first-order valence-electron chi connectivity index (χ1n) is 10.5. The lowest BCUT2D eigenvalue weighted by Gasteiger charge is -2.31. The molecule has 2 heterocycles. The molecule has 7 heteroatoms. The highest BCUT2D eigenvalue weighted by atomic mass is 16.5. The highest BCUT2D eigenvalue weighted by Gasteiger charge is 2.39. The Morgan fingerprint density at radius 2 is 1.77 bits per heavy atom. The monoisotopic (exact) mass is 422 g/mol. The number of methoxy groups -OCH3 is 1. The number of para-hydroxylation sites is 3. The average molecular weight is 422 g/mol. The number of aryl methyl sites for hydroxylation is 1. The van der Waals surface area contributed by atoms with Crippen molar-refractivity contribution in [3.63, 3.8) is 0 Å². The summed E-state index contributed by atoms with van der Waals surface area (Å²) >= 11 is 0. The van der Waals surface area contributed by atoms with Crippen LogP contribution in [0.2, 0.25) is 0 Å². The highest BCUT2D eigenvalue weighted by molar-refractivity contribution is 6.02. The molecule has 1 saturated heterocycles. The van der Waals surface area contributed by atoms with Crippen molar-refractivity contribution in [1.29, 1.82) is 0 Å². The van der Waals surface area contributed by atoms with Crippen LogP contribution in [0.1, 0.15) is 25.3 Å². The van der Waals surface area contributed by atoms with Gasteiger partial charge in [0.15, 0.2) is 6.10 Å². The predicted octanol–water partition coefficient (Wildman–Crippen LogP) is 2.96. The lowest BCUT2D eigenvalue weighted by atomic mass is 10.0. The summed E-state index contributed by atoms with van der Waals surface area (Å²) in [5.41, 5.74) is 2.62. The van der Waals surface area contributed by atoms with Gasteiger partial charge >= 0.3 is 5.97 Å². The van der Waals surface area contributed by atoms with E-state index in [-0.39, 0.29) is 24.8 Å². The third kappa shape index (κ3) is 4.13. The van der Waals surface area contributed by atoms with Crippen LogP contribution in [0, 0.1) is 5.92 Å². The Hall–Kier alpha value is -3.35. The second-order valence-electron chi connectivity index (χ2n) is 7.88. The molecular formula is C24H26N2O5. The molecule has 2 aliphatic rings. The summed E-state index contributed by atoms with van der Waals surface area (Å²) in [6.45, 7) is 2.39. The number of fused-ring (bicyclic) bond motifs is 1. The number of rotatable bonds is 5. The van der Waals surface area contributed by atoms with Crippen LogP contribution in [0.3, 0.4) is 0 Å². The molecule has 162 valence electrons. The molecule has 2 aliphatic heterocycles. The third-order valence-corrected chi connectivity index (χ3v) is 5.85. The van der Waals surface area contributed by atoms with Gasteiger partial charge in [0.05, 0.1) is 18.7 Å². The Bertz CT molecular complexity index is 1000. The standard InChI is InChI=1S/C24H26N2O5/c1-16(23(28)25-13-7-9-17-8-3-4-10-19(17)25)31-24(29)18-14-22(27)26(15-18)20-11-5-6-12-21(20)30-2/h3-6,8,10-12,16,18H,7,9,13-15H2,1-2H3/t16-,18+/m1/s1. The van der Waals surface area contributed by atoms with Crippen molar-refractivity contribution in [3.8, 4) is 5.75 Å². The summed E-state index contributed by atoms with van der Waals surface area (Å²) in [5, 5.41) is 0. The maximum atomic E-state index is 13.0. The molecule has 0 saturated carbocycles. The molecule has 31 heavy (non-hydrogen) atoms. The maximum Gasteiger partial charge on any atom is 0.312 e. The van der Waals surface area contributed by atoms with Gasteiger partial charge in [0.25, 0.3) is 5.91 Å². The second-order valence-corrected chi connectivity index (χ2v) is 7.88. The zero-order chi connectivity index (χ0) is 22.0. The van der Waals surface area contributed by atoms with E-state index in [0.717, 1.165) is 24.1 Å². The van der Waals surface area contributed by atoms with Crippen molar-refractivity contribution >= 4 is 29.2 Å². The van der Waals surface area contributed by atoms with Crippen LogP contribution >= 0.6 is 0 Å². The molecule has 7 nitrogen and oxygen atoms in total. The highest BCUT2D eigenvalue weighted by Crippen LogP contribution is 2.33. The number of carbonyl (C=O) groups excluding carboxylic acids is 3. The average Bonchev–Trinajstić information content (AvgIpc) is 3.19. The molecule has 0 bridgehead atoms. The zero-order valence-electron chi connectivity index (χ0n) is 17.7. The van der Waals surface area contributed by atoms with Gasteiger partial charge in [-0.25, -0.2) is 0 Å². The van der Waals surface area contributed by atoms with E-state index >= 15 is 0 Å². The van der Waals surface area contributed by atoms with Gasteiger partial charge in [-0.05, 0) is 43.5 Å². The van der Waals surface area contributed by atoms with Crippen molar-refractivity contribution in [2.24, 2.45) is 5.92 Å². The minimum atomic E-state index is -0.922.